The Morgan fingerprint density at radius 2 is 1.78 bits per heavy atom. The maximum Gasteiger partial charge on any atom is 0.261 e. The number of halogens is 1. The molecule has 0 radical (unpaired) electrons. The molecule has 5 aliphatic rings. The summed E-state index contributed by atoms with van der Waals surface area (Å²) in [4.78, 5) is 31.0. The molecule has 3 aliphatic carbocycles. The molecule has 3 aromatic rings. The molecule has 49 heavy (non-hydrogen) atoms. The van der Waals surface area contributed by atoms with E-state index in [2.05, 4.69) is 45.8 Å². The summed E-state index contributed by atoms with van der Waals surface area (Å²) >= 11 is 0. The van der Waals surface area contributed by atoms with Crippen LogP contribution in [0.4, 0.5) is 10.1 Å². The first-order chi connectivity index (χ1) is 23.7. The van der Waals surface area contributed by atoms with Crippen molar-refractivity contribution < 1.29 is 13.9 Å². The van der Waals surface area contributed by atoms with Crippen LogP contribution >= 0.6 is 0 Å². The predicted octanol–water partition coefficient (Wildman–Crippen LogP) is 4.58. The Balaban J connectivity index is 1.06. The predicted molar refractivity (Wildman–Crippen MR) is 192 cm³/mol. The fourth-order valence-corrected chi connectivity index (χ4v) is 8.56. The molecule has 5 fully saturated rings. The molecule has 11 heteroatoms. The summed E-state index contributed by atoms with van der Waals surface area (Å²) in [5.41, 5.74) is 2.31. The lowest BCUT2D eigenvalue weighted by molar-refractivity contribution is -0.108. The Morgan fingerprint density at radius 1 is 1.02 bits per heavy atom. The highest BCUT2D eigenvalue weighted by molar-refractivity contribution is 5.96. The van der Waals surface area contributed by atoms with E-state index in [0.29, 0.717) is 58.5 Å². The van der Waals surface area contributed by atoms with E-state index in [4.69, 9.17) is 14.5 Å². The molecular formula is C38H52FN7O3. The van der Waals surface area contributed by atoms with Gasteiger partial charge in [-0.25, -0.2) is 14.4 Å². The number of benzene rings is 2. The zero-order chi connectivity index (χ0) is 34.1. The molecule has 264 valence electrons. The number of fused-ring (bicyclic) bond motifs is 3. The van der Waals surface area contributed by atoms with Crippen molar-refractivity contribution in [1.29, 1.82) is 0 Å². The number of rotatable bonds is 9. The monoisotopic (exact) mass is 673 g/mol. The number of hydrogen-bond donors (Lipinski definition) is 1. The van der Waals surface area contributed by atoms with Crippen LogP contribution in [0.3, 0.4) is 0 Å². The average Bonchev–Trinajstić information content (AvgIpc) is 3.11. The first kappa shape index (κ1) is 33.9. The molecule has 1 N–H and O–H groups in total. The fourth-order valence-electron chi connectivity index (χ4n) is 8.56. The molecule has 1 aromatic heterocycles. The van der Waals surface area contributed by atoms with E-state index in [9.17, 15) is 9.18 Å². The molecule has 0 amide bonds. The summed E-state index contributed by atoms with van der Waals surface area (Å²) in [6, 6.07) is 10.8. The van der Waals surface area contributed by atoms with Crippen molar-refractivity contribution in [2.75, 3.05) is 78.0 Å². The maximum atomic E-state index is 14.5. The zero-order valence-corrected chi connectivity index (χ0v) is 29.5. The minimum absolute atomic E-state index is 0.134. The first-order valence-corrected chi connectivity index (χ1v) is 18.1. The minimum Gasteiger partial charge on any atom is -0.497 e. The Labute approximate surface area is 289 Å². The number of aryl methyl sites for hydroxylation is 2. The van der Waals surface area contributed by atoms with Gasteiger partial charge in [-0.05, 0) is 72.3 Å². The van der Waals surface area contributed by atoms with E-state index in [-0.39, 0.29) is 11.4 Å². The molecule has 3 heterocycles. The number of hydrogen-bond acceptors (Lipinski definition) is 7. The third-order valence-electron chi connectivity index (χ3n) is 12.1. The van der Waals surface area contributed by atoms with E-state index in [1.165, 1.54) is 19.6 Å². The number of morpholine rings is 1. The highest BCUT2D eigenvalue weighted by Crippen LogP contribution is 2.61. The minimum atomic E-state index is -0.341. The lowest BCUT2D eigenvalue weighted by Gasteiger charge is -2.61. The van der Waals surface area contributed by atoms with Crippen LogP contribution in [-0.4, -0.2) is 109 Å². The van der Waals surface area contributed by atoms with E-state index in [0.717, 1.165) is 89.6 Å². The molecule has 4 atom stereocenters. The van der Waals surface area contributed by atoms with Gasteiger partial charge >= 0.3 is 0 Å². The number of ether oxygens (including phenoxy) is 2. The molecular weight excluding hydrogens is 621 g/mol. The Kier molecular flexibility index (Phi) is 9.95. The van der Waals surface area contributed by atoms with Gasteiger partial charge in [0.1, 0.15) is 11.6 Å². The summed E-state index contributed by atoms with van der Waals surface area (Å²) in [6.07, 6.45) is 4.41. The summed E-state index contributed by atoms with van der Waals surface area (Å²) in [5, 5.41) is 4.23. The standard InChI is InChI=1S/C38H52FN7O3/c1-26-32-21-28(38(32,2)3)22-34(26)42-37(45-15-13-43(14-16-45)11-12-44-17-19-49-20-18-44)41-29-6-8-31-35(23-29)40-25-46(36(31)47)10-9-27-5-7-30(48-4)24-33(27)39/h5-8,23-26,28,32,34H,9-22H2,1-4H3,(H,41,42)/t26-,28-,32-,34+/m1/s1. The second-order valence-corrected chi connectivity index (χ2v) is 15.1. The summed E-state index contributed by atoms with van der Waals surface area (Å²) < 4.78 is 26.7. The number of guanidine groups is 1. The van der Waals surface area contributed by atoms with Crippen molar-refractivity contribution in [3.05, 3.63) is 64.5 Å². The van der Waals surface area contributed by atoms with Crippen molar-refractivity contribution in [3.63, 3.8) is 0 Å². The number of anilines is 1. The van der Waals surface area contributed by atoms with Gasteiger partial charge in [0.25, 0.3) is 5.56 Å². The van der Waals surface area contributed by atoms with Crippen LogP contribution in [0.15, 0.2) is 52.5 Å². The summed E-state index contributed by atoms with van der Waals surface area (Å²) in [5.74, 6) is 3.04. The van der Waals surface area contributed by atoms with Gasteiger partial charge in [-0.3, -0.25) is 19.2 Å². The van der Waals surface area contributed by atoms with Crippen molar-refractivity contribution in [3.8, 4) is 5.75 Å². The third kappa shape index (κ3) is 7.21. The van der Waals surface area contributed by atoms with Crippen LogP contribution in [0.25, 0.3) is 10.9 Å². The maximum absolute atomic E-state index is 14.5. The summed E-state index contributed by atoms with van der Waals surface area (Å²) in [7, 11) is 1.51. The Hall–Kier alpha value is -3.54. The molecule has 2 aromatic carbocycles. The van der Waals surface area contributed by atoms with Gasteiger partial charge in [-0.1, -0.05) is 26.8 Å². The van der Waals surface area contributed by atoms with Gasteiger partial charge in [-0.2, -0.15) is 0 Å². The van der Waals surface area contributed by atoms with E-state index >= 15 is 0 Å². The van der Waals surface area contributed by atoms with Crippen LogP contribution < -0.4 is 15.6 Å². The van der Waals surface area contributed by atoms with Crippen molar-refractivity contribution in [2.24, 2.45) is 28.2 Å². The third-order valence-corrected chi connectivity index (χ3v) is 12.1. The SMILES string of the molecule is COc1ccc(CCn2cnc3cc(NC(=N[C@H]4C[C@H]5C[C@H]([C@H]4C)C5(C)C)N4CCN(CCN5CCOCC5)CC4)ccc3c2=O)c(F)c1. The summed E-state index contributed by atoms with van der Waals surface area (Å²) in [6.45, 7) is 17.3. The van der Waals surface area contributed by atoms with Gasteiger partial charge in [0.05, 0.1) is 43.6 Å². The van der Waals surface area contributed by atoms with Crippen molar-refractivity contribution in [1.82, 2.24) is 24.3 Å². The Bertz CT molecular complexity index is 1710. The highest BCUT2D eigenvalue weighted by atomic mass is 19.1. The van der Waals surface area contributed by atoms with Crippen LogP contribution in [-0.2, 0) is 17.7 Å². The van der Waals surface area contributed by atoms with Gasteiger partial charge < -0.3 is 19.7 Å². The Morgan fingerprint density at radius 3 is 2.47 bits per heavy atom. The molecule has 10 nitrogen and oxygen atoms in total. The van der Waals surface area contributed by atoms with E-state index < -0.39 is 0 Å². The molecule has 2 bridgehead atoms. The van der Waals surface area contributed by atoms with Gasteiger partial charge in [0.15, 0.2) is 5.96 Å². The number of piperazine rings is 1. The van der Waals surface area contributed by atoms with Crippen molar-refractivity contribution >= 4 is 22.5 Å². The lowest BCUT2D eigenvalue weighted by Crippen LogP contribution is -2.57. The number of nitrogens with one attached hydrogen (secondary N) is 1. The second-order valence-electron chi connectivity index (χ2n) is 15.1. The molecule has 0 unspecified atom stereocenters. The molecule has 0 spiro atoms. The largest absolute Gasteiger partial charge is 0.497 e. The van der Waals surface area contributed by atoms with Gasteiger partial charge in [0.2, 0.25) is 0 Å². The second kappa shape index (κ2) is 14.4. The lowest BCUT2D eigenvalue weighted by atomic mass is 9.45. The first-order valence-electron chi connectivity index (χ1n) is 18.1. The van der Waals surface area contributed by atoms with Crippen LogP contribution in [0.1, 0.15) is 39.2 Å². The average molecular weight is 674 g/mol. The zero-order valence-electron chi connectivity index (χ0n) is 29.5. The van der Waals surface area contributed by atoms with E-state index in [1.54, 1.807) is 23.0 Å². The topological polar surface area (TPSA) is 87.5 Å². The van der Waals surface area contributed by atoms with Gasteiger partial charge in [0, 0.05) is 70.7 Å². The van der Waals surface area contributed by atoms with Crippen molar-refractivity contribution in [2.45, 2.75) is 52.6 Å². The number of aliphatic imine (C=N–C) groups is 1. The molecule has 3 saturated carbocycles. The smallest absolute Gasteiger partial charge is 0.261 e. The normalized spacial score (nSPS) is 26.1. The fraction of sp³-hybridized carbons (Fsp3) is 0.605. The van der Waals surface area contributed by atoms with Crippen LogP contribution in [0.2, 0.25) is 0 Å². The van der Waals surface area contributed by atoms with Gasteiger partial charge in [-0.15, -0.1) is 0 Å². The molecule has 8 rings (SSSR count). The number of nitrogens with zero attached hydrogens (tertiary/aromatic N) is 6. The molecule has 2 aliphatic heterocycles. The van der Waals surface area contributed by atoms with E-state index in [1.807, 2.05) is 18.2 Å². The number of aromatic nitrogens is 2. The van der Waals surface area contributed by atoms with Crippen LogP contribution in [0, 0.1) is 29.0 Å². The molecule has 2 saturated heterocycles. The number of methoxy groups -OCH3 is 1. The highest BCUT2D eigenvalue weighted by Gasteiger charge is 2.56. The van der Waals surface area contributed by atoms with Crippen LogP contribution in [0.5, 0.6) is 5.75 Å². The quantitative estimate of drug-likeness (QED) is 0.261.